The van der Waals surface area contributed by atoms with Crippen LogP contribution >= 0.6 is 0 Å². The van der Waals surface area contributed by atoms with Gasteiger partial charge in [-0.15, -0.1) is 0 Å². The molecule has 0 aliphatic rings. The van der Waals surface area contributed by atoms with Crippen molar-refractivity contribution in [3.05, 3.63) is 77.0 Å². The first-order valence-electron chi connectivity index (χ1n) is 6.67. The minimum absolute atomic E-state index is 0.0158. The number of allylic oxidation sites excluding steroid dienone is 2. The Kier molecular flexibility index (Phi) is 4.36. The fraction of sp³-hybridized carbons (Fsp3) is 0.167. The molecule has 0 amide bonds. The average Bonchev–Trinajstić information content (AvgIpc) is 2.42. The maximum absolute atomic E-state index is 12.1. The maximum atomic E-state index is 12.1. The number of anilines is 1. The lowest BCUT2D eigenvalue weighted by atomic mass is 10.1. The largest absolute Gasteiger partial charge is 0.359 e. The van der Waals surface area contributed by atoms with Gasteiger partial charge in [-0.25, -0.2) is 0 Å². The van der Waals surface area contributed by atoms with Gasteiger partial charge in [-0.2, -0.15) is 0 Å². The van der Waals surface area contributed by atoms with Crippen molar-refractivity contribution < 1.29 is 4.79 Å². The van der Waals surface area contributed by atoms with E-state index in [1.54, 1.807) is 6.08 Å². The van der Waals surface area contributed by atoms with Crippen molar-refractivity contribution in [3.63, 3.8) is 0 Å². The van der Waals surface area contributed by atoms with Crippen LogP contribution in [0.15, 0.2) is 60.3 Å². The minimum Gasteiger partial charge on any atom is -0.359 e. The quantitative estimate of drug-likeness (QED) is 0.651. The molecule has 102 valence electrons. The van der Waals surface area contributed by atoms with E-state index in [0.29, 0.717) is 5.56 Å². The molecule has 2 aromatic carbocycles. The number of benzene rings is 2. The summed E-state index contributed by atoms with van der Waals surface area (Å²) in [6, 6.07) is 15.7. The van der Waals surface area contributed by atoms with Gasteiger partial charge >= 0.3 is 0 Å². The van der Waals surface area contributed by atoms with Gasteiger partial charge in [0.15, 0.2) is 5.78 Å². The van der Waals surface area contributed by atoms with Crippen LogP contribution in [-0.2, 0) is 0 Å². The number of nitrogens with one attached hydrogen (secondary N) is 1. The molecule has 0 spiro atoms. The molecule has 0 bridgehead atoms. The van der Waals surface area contributed by atoms with E-state index in [0.717, 1.165) is 16.9 Å². The predicted octanol–water partition coefficient (Wildman–Crippen LogP) is 4.50. The van der Waals surface area contributed by atoms with Crippen LogP contribution in [0, 0.1) is 13.8 Å². The molecule has 2 rings (SSSR count). The Balaban J connectivity index is 2.07. The van der Waals surface area contributed by atoms with Gasteiger partial charge < -0.3 is 5.32 Å². The number of carbonyl (C=O) groups is 1. The summed E-state index contributed by atoms with van der Waals surface area (Å²) in [6.45, 7) is 5.95. The van der Waals surface area contributed by atoms with Crippen LogP contribution in [0.1, 0.15) is 28.4 Å². The highest BCUT2D eigenvalue weighted by Crippen LogP contribution is 2.12. The van der Waals surface area contributed by atoms with E-state index in [-0.39, 0.29) is 5.78 Å². The zero-order valence-electron chi connectivity index (χ0n) is 12.1. The number of hydrogen-bond donors (Lipinski definition) is 1. The first kappa shape index (κ1) is 14.1. The highest BCUT2D eigenvalue weighted by molar-refractivity contribution is 6.05. The second-order valence-electron chi connectivity index (χ2n) is 5.05. The zero-order chi connectivity index (χ0) is 14.5. The van der Waals surface area contributed by atoms with Gasteiger partial charge in [0.2, 0.25) is 0 Å². The minimum atomic E-state index is 0.0158. The third-order valence-electron chi connectivity index (χ3n) is 3.08. The monoisotopic (exact) mass is 265 g/mol. The average molecular weight is 265 g/mol. The van der Waals surface area contributed by atoms with Crippen LogP contribution in [-0.4, -0.2) is 5.78 Å². The predicted molar refractivity (Wildman–Crippen MR) is 84.1 cm³/mol. The van der Waals surface area contributed by atoms with Crippen molar-refractivity contribution in [1.82, 2.24) is 0 Å². The number of ketones is 1. The van der Waals surface area contributed by atoms with E-state index < -0.39 is 0 Å². The number of aryl methyl sites for hydroxylation is 2. The zero-order valence-corrected chi connectivity index (χ0v) is 12.1. The molecule has 0 saturated heterocycles. The highest BCUT2D eigenvalue weighted by atomic mass is 16.1. The Morgan fingerprint density at radius 1 is 0.900 bits per heavy atom. The Hall–Kier alpha value is -2.35. The molecule has 0 saturated carbocycles. The molecule has 0 fully saturated rings. The summed E-state index contributed by atoms with van der Waals surface area (Å²) >= 11 is 0. The maximum Gasteiger partial charge on any atom is 0.187 e. The van der Waals surface area contributed by atoms with Crippen molar-refractivity contribution in [2.24, 2.45) is 0 Å². The second kappa shape index (κ2) is 6.20. The van der Waals surface area contributed by atoms with Gasteiger partial charge in [0.1, 0.15) is 0 Å². The molecule has 0 heterocycles. The van der Waals surface area contributed by atoms with Gasteiger partial charge in [-0.3, -0.25) is 4.79 Å². The summed E-state index contributed by atoms with van der Waals surface area (Å²) in [4.78, 5) is 12.1. The number of hydrogen-bond acceptors (Lipinski definition) is 2. The molecule has 20 heavy (non-hydrogen) atoms. The van der Waals surface area contributed by atoms with Crippen molar-refractivity contribution in [3.8, 4) is 0 Å². The van der Waals surface area contributed by atoms with E-state index in [4.69, 9.17) is 0 Å². The molecule has 1 N–H and O–H groups in total. The molecule has 2 heteroatoms. The van der Waals surface area contributed by atoms with Crippen molar-refractivity contribution in [1.29, 1.82) is 0 Å². The number of carbonyl (C=O) groups excluding carboxylic acids is 1. The fourth-order valence-electron chi connectivity index (χ4n) is 1.90. The van der Waals surface area contributed by atoms with E-state index in [9.17, 15) is 4.79 Å². The van der Waals surface area contributed by atoms with E-state index in [1.165, 1.54) is 5.56 Å². The van der Waals surface area contributed by atoms with Gasteiger partial charge in [0, 0.05) is 23.0 Å². The Morgan fingerprint density at radius 3 is 1.95 bits per heavy atom. The normalized spacial score (nSPS) is 11.2. The molecule has 0 aliphatic heterocycles. The summed E-state index contributed by atoms with van der Waals surface area (Å²) in [6.07, 6.45) is 1.63. The molecule has 2 nitrogen and oxygen atoms in total. The van der Waals surface area contributed by atoms with Gasteiger partial charge in [0.25, 0.3) is 0 Å². The summed E-state index contributed by atoms with van der Waals surface area (Å²) in [5, 5.41) is 3.22. The SMILES string of the molecule is CC(=CC(=O)c1ccc(C)cc1)Nc1ccc(C)cc1. The van der Waals surface area contributed by atoms with Crippen LogP contribution in [0.25, 0.3) is 0 Å². The van der Waals surface area contributed by atoms with Crippen molar-refractivity contribution in [2.75, 3.05) is 5.32 Å². The molecule has 0 radical (unpaired) electrons. The van der Waals surface area contributed by atoms with Gasteiger partial charge in [-0.1, -0.05) is 47.5 Å². The Bertz CT molecular complexity index is 621. The standard InChI is InChI=1S/C18H19NO/c1-13-4-8-16(9-5-13)18(20)12-15(3)19-17-10-6-14(2)7-11-17/h4-12,19H,1-3H3. The Labute approximate surface area is 120 Å². The van der Waals surface area contributed by atoms with E-state index in [1.807, 2.05) is 69.3 Å². The molecule has 0 aromatic heterocycles. The lowest BCUT2D eigenvalue weighted by Crippen LogP contribution is -2.01. The topological polar surface area (TPSA) is 29.1 Å². The first-order valence-corrected chi connectivity index (χ1v) is 6.67. The van der Waals surface area contributed by atoms with Gasteiger partial charge in [-0.05, 0) is 32.9 Å². The van der Waals surface area contributed by atoms with E-state index >= 15 is 0 Å². The lowest BCUT2D eigenvalue weighted by Gasteiger charge is -2.07. The summed E-state index contributed by atoms with van der Waals surface area (Å²) < 4.78 is 0. The summed E-state index contributed by atoms with van der Waals surface area (Å²) in [5.74, 6) is 0.0158. The smallest absolute Gasteiger partial charge is 0.187 e. The van der Waals surface area contributed by atoms with Crippen LogP contribution in [0.3, 0.4) is 0 Å². The Morgan fingerprint density at radius 2 is 1.40 bits per heavy atom. The summed E-state index contributed by atoms with van der Waals surface area (Å²) in [7, 11) is 0. The molecular weight excluding hydrogens is 246 g/mol. The van der Waals surface area contributed by atoms with Crippen LogP contribution in [0.2, 0.25) is 0 Å². The van der Waals surface area contributed by atoms with Crippen molar-refractivity contribution in [2.45, 2.75) is 20.8 Å². The molecule has 0 unspecified atom stereocenters. The second-order valence-corrected chi connectivity index (χ2v) is 5.05. The van der Waals surface area contributed by atoms with Crippen molar-refractivity contribution >= 4 is 11.5 Å². The van der Waals surface area contributed by atoms with E-state index in [2.05, 4.69) is 5.32 Å². The van der Waals surface area contributed by atoms with Gasteiger partial charge in [0.05, 0.1) is 0 Å². The van der Waals surface area contributed by atoms with Crippen LogP contribution in [0.4, 0.5) is 5.69 Å². The third kappa shape index (κ3) is 3.82. The first-order chi connectivity index (χ1) is 9.54. The molecule has 0 aliphatic carbocycles. The third-order valence-corrected chi connectivity index (χ3v) is 3.08. The fourth-order valence-corrected chi connectivity index (χ4v) is 1.90. The summed E-state index contributed by atoms with van der Waals surface area (Å²) in [5.41, 5.74) is 4.90. The molecule has 0 atom stereocenters. The van der Waals surface area contributed by atoms with Crippen LogP contribution in [0.5, 0.6) is 0 Å². The molecule has 2 aromatic rings. The number of rotatable bonds is 4. The lowest BCUT2D eigenvalue weighted by molar-refractivity contribution is 0.104. The van der Waals surface area contributed by atoms with Crippen LogP contribution < -0.4 is 5.32 Å². The molecular formula is C18H19NO. The highest BCUT2D eigenvalue weighted by Gasteiger charge is 2.03.